The Bertz CT molecular complexity index is 282. The van der Waals surface area contributed by atoms with Crippen molar-refractivity contribution in [2.75, 3.05) is 0 Å². The first-order valence-corrected chi connectivity index (χ1v) is 6.40. The van der Waals surface area contributed by atoms with Crippen molar-refractivity contribution in [3.63, 3.8) is 0 Å². The van der Waals surface area contributed by atoms with Crippen LogP contribution < -0.4 is 5.73 Å². The summed E-state index contributed by atoms with van der Waals surface area (Å²) >= 11 is 1.71. The highest BCUT2D eigenvalue weighted by atomic mass is 32.1. The summed E-state index contributed by atoms with van der Waals surface area (Å²) < 4.78 is 0. The average Bonchev–Trinajstić information content (AvgIpc) is 2.67. The number of aryl methyl sites for hydroxylation is 1. The fraction of sp³-hybridized carbons (Fsp3) is 0.583. The van der Waals surface area contributed by atoms with E-state index in [4.69, 9.17) is 5.73 Å². The van der Waals surface area contributed by atoms with Crippen molar-refractivity contribution in [1.29, 1.82) is 0 Å². The lowest BCUT2D eigenvalue weighted by Crippen LogP contribution is -2.23. The van der Waals surface area contributed by atoms with Crippen molar-refractivity contribution in [3.8, 4) is 0 Å². The van der Waals surface area contributed by atoms with Gasteiger partial charge in [0, 0.05) is 23.8 Å². The van der Waals surface area contributed by atoms with Gasteiger partial charge in [-0.25, -0.2) is 0 Å². The van der Waals surface area contributed by atoms with Crippen LogP contribution in [0.15, 0.2) is 17.5 Å². The molecule has 0 saturated carbocycles. The van der Waals surface area contributed by atoms with Gasteiger partial charge in [0.25, 0.3) is 0 Å². The molecule has 1 aromatic heterocycles. The van der Waals surface area contributed by atoms with Crippen LogP contribution in [0.5, 0.6) is 0 Å². The lowest BCUT2D eigenvalue weighted by atomic mass is 10.0. The van der Waals surface area contributed by atoms with E-state index in [0.29, 0.717) is 18.6 Å². The molecule has 0 aliphatic carbocycles. The third-order valence-corrected chi connectivity index (χ3v) is 3.32. The molecule has 3 heteroatoms. The Balaban J connectivity index is 2.19. The minimum atomic E-state index is 0.0610. The standard InChI is InChI=1S/C12H19NOS/c1-2-4-10(13)9-11(14)6-7-12-5-3-8-15-12/h3,5,8,10H,2,4,6-7,9,13H2,1H3. The van der Waals surface area contributed by atoms with Gasteiger partial charge < -0.3 is 5.73 Å². The van der Waals surface area contributed by atoms with Crippen LogP contribution in [0.3, 0.4) is 0 Å². The average molecular weight is 225 g/mol. The molecule has 1 rings (SSSR count). The third kappa shape index (κ3) is 5.09. The maximum absolute atomic E-state index is 11.5. The minimum absolute atomic E-state index is 0.0610. The number of hydrogen-bond acceptors (Lipinski definition) is 3. The number of Topliss-reactive ketones (excluding diaryl/α,β-unsaturated/α-hetero) is 1. The van der Waals surface area contributed by atoms with E-state index in [1.807, 2.05) is 11.4 Å². The number of rotatable bonds is 7. The number of ketones is 1. The first-order valence-electron chi connectivity index (χ1n) is 5.52. The Kier molecular flexibility index (Phi) is 5.58. The molecular formula is C12H19NOS. The van der Waals surface area contributed by atoms with Gasteiger partial charge in [0.05, 0.1) is 0 Å². The maximum atomic E-state index is 11.5. The summed E-state index contributed by atoms with van der Waals surface area (Å²) in [4.78, 5) is 12.8. The molecule has 0 aromatic carbocycles. The van der Waals surface area contributed by atoms with Crippen LogP contribution in [0, 0.1) is 0 Å². The maximum Gasteiger partial charge on any atom is 0.134 e. The fourth-order valence-electron chi connectivity index (χ4n) is 1.58. The van der Waals surface area contributed by atoms with E-state index in [0.717, 1.165) is 19.3 Å². The number of hydrogen-bond donors (Lipinski definition) is 1. The molecule has 2 nitrogen and oxygen atoms in total. The fourth-order valence-corrected chi connectivity index (χ4v) is 2.29. The normalized spacial score (nSPS) is 12.7. The first kappa shape index (κ1) is 12.4. The summed E-state index contributed by atoms with van der Waals surface area (Å²) in [6.45, 7) is 2.09. The Morgan fingerprint density at radius 2 is 2.40 bits per heavy atom. The predicted molar refractivity (Wildman–Crippen MR) is 65.1 cm³/mol. The molecule has 0 saturated heterocycles. The summed E-state index contributed by atoms with van der Waals surface area (Å²) in [7, 11) is 0. The molecule has 1 atom stereocenters. The number of nitrogens with two attached hydrogens (primary N) is 1. The molecule has 0 spiro atoms. The highest BCUT2D eigenvalue weighted by molar-refractivity contribution is 7.09. The Labute approximate surface area is 95.5 Å². The van der Waals surface area contributed by atoms with Crippen molar-refractivity contribution in [3.05, 3.63) is 22.4 Å². The van der Waals surface area contributed by atoms with Crippen molar-refractivity contribution < 1.29 is 4.79 Å². The van der Waals surface area contributed by atoms with Gasteiger partial charge in [-0.05, 0) is 24.3 Å². The first-order chi connectivity index (χ1) is 7.22. The van der Waals surface area contributed by atoms with E-state index in [1.54, 1.807) is 11.3 Å². The summed E-state index contributed by atoms with van der Waals surface area (Å²) in [5.41, 5.74) is 5.82. The van der Waals surface area contributed by atoms with Gasteiger partial charge >= 0.3 is 0 Å². The van der Waals surface area contributed by atoms with Crippen LogP contribution in [-0.2, 0) is 11.2 Å². The summed E-state index contributed by atoms with van der Waals surface area (Å²) in [6.07, 6.45) is 4.05. The summed E-state index contributed by atoms with van der Waals surface area (Å²) in [5.74, 6) is 0.296. The molecule has 1 heterocycles. The van der Waals surface area contributed by atoms with Crippen molar-refractivity contribution in [1.82, 2.24) is 0 Å². The molecule has 15 heavy (non-hydrogen) atoms. The topological polar surface area (TPSA) is 43.1 Å². The van der Waals surface area contributed by atoms with Crippen LogP contribution in [0.25, 0.3) is 0 Å². The van der Waals surface area contributed by atoms with Gasteiger partial charge in [0.2, 0.25) is 0 Å². The molecule has 1 unspecified atom stereocenters. The minimum Gasteiger partial charge on any atom is -0.327 e. The van der Waals surface area contributed by atoms with Crippen LogP contribution in [-0.4, -0.2) is 11.8 Å². The van der Waals surface area contributed by atoms with E-state index in [9.17, 15) is 4.79 Å². The SMILES string of the molecule is CCCC(N)CC(=O)CCc1cccs1. The smallest absolute Gasteiger partial charge is 0.134 e. The number of carbonyl (C=O) groups excluding carboxylic acids is 1. The molecule has 0 bridgehead atoms. The van der Waals surface area contributed by atoms with Gasteiger partial charge in [-0.1, -0.05) is 19.4 Å². The zero-order valence-electron chi connectivity index (χ0n) is 9.24. The lowest BCUT2D eigenvalue weighted by Gasteiger charge is -2.08. The third-order valence-electron chi connectivity index (χ3n) is 2.38. The largest absolute Gasteiger partial charge is 0.327 e. The van der Waals surface area contributed by atoms with E-state index in [2.05, 4.69) is 13.0 Å². The lowest BCUT2D eigenvalue weighted by molar-refractivity contribution is -0.119. The highest BCUT2D eigenvalue weighted by Crippen LogP contribution is 2.12. The molecule has 0 amide bonds. The number of carbonyl (C=O) groups is 1. The summed E-state index contributed by atoms with van der Waals surface area (Å²) in [5, 5.41) is 2.04. The Morgan fingerprint density at radius 1 is 1.60 bits per heavy atom. The predicted octanol–water partition coefficient (Wildman–Crippen LogP) is 2.77. The van der Waals surface area contributed by atoms with Crippen LogP contribution >= 0.6 is 11.3 Å². The quantitative estimate of drug-likeness (QED) is 0.775. The van der Waals surface area contributed by atoms with Crippen molar-refractivity contribution in [2.24, 2.45) is 5.73 Å². The second kappa shape index (κ2) is 6.75. The van der Waals surface area contributed by atoms with Gasteiger partial charge in [0.1, 0.15) is 5.78 Å². The highest BCUT2D eigenvalue weighted by Gasteiger charge is 2.08. The molecule has 0 aliphatic rings. The van der Waals surface area contributed by atoms with Gasteiger partial charge in [-0.15, -0.1) is 11.3 Å². The van der Waals surface area contributed by atoms with E-state index < -0.39 is 0 Å². The second-order valence-corrected chi connectivity index (χ2v) is 4.90. The van der Waals surface area contributed by atoms with Gasteiger partial charge in [-0.2, -0.15) is 0 Å². The van der Waals surface area contributed by atoms with Crippen molar-refractivity contribution >= 4 is 17.1 Å². The Hall–Kier alpha value is -0.670. The molecule has 84 valence electrons. The molecular weight excluding hydrogens is 206 g/mol. The zero-order chi connectivity index (χ0) is 11.1. The molecule has 2 N–H and O–H groups in total. The summed E-state index contributed by atoms with van der Waals surface area (Å²) in [6, 6.07) is 4.16. The molecule has 0 aliphatic heterocycles. The van der Waals surface area contributed by atoms with E-state index in [-0.39, 0.29) is 6.04 Å². The van der Waals surface area contributed by atoms with Gasteiger partial charge in [-0.3, -0.25) is 4.79 Å². The zero-order valence-corrected chi connectivity index (χ0v) is 10.1. The van der Waals surface area contributed by atoms with Crippen LogP contribution in [0.1, 0.15) is 37.5 Å². The Morgan fingerprint density at radius 3 is 3.00 bits per heavy atom. The molecule has 0 radical (unpaired) electrons. The molecule has 1 aromatic rings. The monoisotopic (exact) mass is 225 g/mol. The second-order valence-electron chi connectivity index (χ2n) is 3.87. The van der Waals surface area contributed by atoms with E-state index in [1.165, 1.54) is 4.88 Å². The number of thiophene rings is 1. The van der Waals surface area contributed by atoms with Crippen LogP contribution in [0.4, 0.5) is 0 Å². The van der Waals surface area contributed by atoms with Crippen LogP contribution in [0.2, 0.25) is 0 Å². The van der Waals surface area contributed by atoms with E-state index >= 15 is 0 Å². The van der Waals surface area contributed by atoms with Crippen molar-refractivity contribution in [2.45, 2.75) is 45.1 Å². The molecule has 0 fully saturated rings. The van der Waals surface area contributed by atoms with Gasteiger partial charge in [0.15, 0.2) is 0 Å².